The molecule has 0 bridgehead atoms. The van der Waals surface area contributed by atoms with Gasteiger partial charge in [0.05, 0.1) is 0 Å². The van der Waals surface area contributed by atoms with Gasteiger partial charge in [0.15, 0.2) is 0 Å². The van der Waals surface area contributed by atoms with Crippen LogP contribution in [0.2, 0.25) is 0 Å². The van der Waals surface area contributed by atoms with E-state index < -0.39 is 0 Å². The first-order valence-corrected chi connectivity index (χ1v) is 3.32. The van der Waals surface area contributed by atoms with Gasteiger partial charge < -0.3 is 9.69 Å². The Morgan fingerprint density at radius 3 is 2.50 bits per heavy atom. The van der Waals surface area contributed by atoms with E-state index in [2.05, 4.69) is 0 Å². The minimum atomic E-state index is 0.0850. The smallest absolute Gasteiger partial charge is 0.222 e. The SMILES string of the molecule is CN(C)C(=O)CCCC=O. The average Bonchev–Trinajstić information content (AvgIpc) is 1.88. The molecule has 0 aliphatic rings. The van der Waals surface area contributed by atoms with Crippen molar-refractivity contribution in [3.63, 3.8) is 0 Å². The summed E-state index contributed by atoms with van der Waals surface area (Å²) in [6.45, 7) is 0. The normalized spacial score (nSPS) is 9.00. The zero-order valence-corrected chi connectivity index (χ0v) is 6.46. The van der Waals surface area contributed by atoms with Crippen molar-refractivity contribution in [3.05, 3.63) is 0 Å². The molecule has 0 rings (SSSR count). The van der Waals surface area contributed by atoms with Crippen LogP contribution >= 0.6 is 0 Å². The van der Waals surface area contributed by atoms with Crippen molar-refractivity contribution in [2.24, 2.45) is 0 Å². The third-order valence-electron chi connectivity index (χ3n) is 1.21. The van der Waals surface area contributed by atoms with Crippen LogP contribution in [0.5, 0.6) is 0 Å². The topological polar surface area (TPSA) is 37.4 Å². The van der Waals surface area contributed by atoms with Crippen molar-refractivity contribution >= 4 is 12.2 Å². The molecule has 0 aromatic heterocycles. The molecule has 1 amide bonds. The number of hydrogen-bond donors (Lipinski definition) is 0. The van der Waals surface area contributed by atoms with E-state index in [4.69, 9.17) is 0 Å². The summed E-state index contributed by atoms with van der Waals surface area (Å²) in [6, 6.07) is 0. The standard InChI is InChI=1S/C7H13NO2/c1-8(2)7(10)5-3-4-6-9/h6H,3-5H2,1-2H3. The van der Waals surface area contributed by atoms with Gasteiger partial charge >= 0.3 is 0 Å². The van der Waals surface area contributed by atoms with Crippen LogP contribution in [-0.2, 0) is 9.59 Å². The highest BCUT2D eigenvalue weighted by Gasteiger charge is 2.01. The molecule has 0 atom stereocenters. The van der Waals surface area contributed by atoms with E-state index in [1.165, 1.54) is 4.90 Å². The fourth-order valence-electron chi connectivity index (χ4n) is 0.560. The molecule has 10 heavy (non-hydrogen) atoms. The molecule has 58 valence electrons. The molecule has 0 saturated heterocycles. The molecule has 0 aliphatic carbocycles. The lowest BCUT2D eigenvalue weighted by atomic mass is 10.2. The molecule has 0 saturated carbocycles. The van der Waals surface area contributed by atoms with Gasteiger partial charge in [0.2, 0.25) is 5.91 Å². The van der Waals surface area contributed by atoms with Crippen molar-refractivity contribution in [2.75, 3.05) is 14.1 Å². The highest BCUT2D eigenvalue weighted by Crippen LogP contribution is 1.94. The number of nitrogens with zero attached hydrogens (tertiary/aromatic N) is 1. The lowest BCUT2D eigenvalue weighted by Crippen LogP contribution is -2.21. The highest BCUT2D eigenvalue weighted by atomic mass is 16.2. The fourth-order valence-corrected chi connectivity index (χ4v) is 0.560. The van der Waals surface area contributed by atoms with Gasteiger partial charge in [-0.1, -0.05) is 0 Å². The Balaban J connectivity index is 3.30. The van der Waals surface area contributed by atoms with Gasteiger partial charge in [-0.3, -0.25) is 4.79 Å². The zero-order chi connectivity index (χ0) is 7.98. The first-order chi connectivity index (χ1) is 4.68. The third kappa shape index (κ3) is 4.06. The van der Waals surface area contributed by atoms with Crippen LogP contribution in [0.25, 0.3) is 0 Å². The predicted molar refractivity (Wildman–Crippen MR) is 38.6 cm³/mol. The van der Waals surface area contributed by atoms with Gasteiger partial charge in [-0.15, -0.1) is 0 Å². The number of rotatable bonds is 4. The zero-order valence-electron chi connectivity index (χ0n) is 6.46. The van der Waals surface area contributed by atoms with Gasteiger partial charge in [0.1, 0.15) is 6.29 Å². The summed E-state index contributed by atoms with van der Waals surface area (Å²) in [5.41, 5.74) is 0. The van der Waals surface area contributed by atoms with Crippen LogP contribution in [0, 0.1) is 0 Å². The minimum absolute atomic E-state index is 0.0850. The molecular weight excluding hydrogens is 130 g/mol. The number of carbonyl (C=O) groups is 2. The number of carbonyl (C=O) groups excluding carboxylic acids is 2. The second-order valence-corrected chi connectivity index (χ2v) is 2.35. The van der Waals surface area contributed by atoms with Crippen LogP contribution < -0.4 is 0 Å². The van der Waals surface area contributed by atoms with E-state index in [9.17, 15) is 9.59 Å². The van der Waals surface area contributed by atoms with Crippen molar-refractivity contribution in [2.45, 2.75) is 19.3 Å². The van der Waals surface area contributed by atoms with E-state index in [-0.39, 0.29) is 5.91 Å². The number of hydrogen-bond acceptors (Lipinski definition) is 2. The van der Waals surface area contributed by atoms with Gasteiger partial charge in [-0.25, -0.2) is 0 Å². The maximum absolute atomic E-state index is 10.8. The molecule has 0 unspecified atom stereocenters. The first-order valence-electron chi connectivity index (χ1n) is 3.32. The largest absolute Gasteiger partial charge is 0.349 e. The van der Waals surface area contributed by atoms with E-state index in [0.717, 1.165) is 6.29 Å². The molecule has 0 spiro atoms. The maximum atomic E-state index is 10.8. The Hall–Kier alpha value is -0.860. The summed E-state index contributed by atoms with van der Waals surface area (Å²) >= 11 is 0. The molecular formula is C7H13NO2. The fraction of sp³-hybridized carbons (Fsp3) is 0.714. The van der Waals surface area contributed by atoms with Crippen molar-refractivity contribution in [1.29, 1.82) is 0 Å². The summed E-state index contributed by atoms with van der Waals surface area (Å²) in [7, 11) is 3.42. The Kier molecular flexibility index (Phi) is 4.54. The Labute approximate surface area is 61.0 Å². The number of amides is 1. The average molecular weight is 143 g/mol. The van der Waals surface area contributed by atoms with Crippen LogP contribution in [0.1, 0.15) is 19.3 Å². The van der Waals surface area contributed by atoms with Gasteiger partial charge in [0, 0.05) is 26.9 Å². The summed E-state index contributed by atoms with van der Waals surface area (Å²) in [5, 5.41) is 0. The predicted octanol–water partition coefficient (Wildman–Crippen LogP) is 0.444. The van der Waals surface area contributed by atoms with Crippen LogP contribution in [0.15, 0.2) is 0 Å². The molecule has 0 radical (unpaired) electrons. The van der Waals surface area contributed by atoms with Crippen molar-refractivity contribution in [1.82, 2.24) is 4.90 Å². The summed E-state index contributed by atoms with van der Waals surface area (Å²) in [6.07, 6.45) is 2.47. The van der Waals surface area contributed by atoms with Crippen LogP contribution in [-0.4, -0.2) is 31.2 Å². The second kappa shape index (κ2) is 4.97. The molecule has 0 aliphatic heterocycles. The Morgan fingerprint density at radius 2 is 2.10 bits per heavy atom. The number of unbranched alkanes of at least 4 members (excludes halogenated alkanes) is 1. The first kappa shape index (κ1) is 9.14. The minimum Gasteiger partial charge on any atom is -0.349 e. The molecule has 3 nitrogen and oxygen atoms in total. The lowest BCUT2D eigenvalue weighted by Gasteiger charge is -2.08. The van der Waals surface area contributed by atoms with E-state index in [1.807, 2.05) is 0 Å². The molecule has 0 aromatic rings. The highest BCUT2D eigenvalue weighted by molar-refractivity contribution is 5.75. The molecule has 0 N–H and O–H groups in total. The second-order valence-electron chi connectivity index (χ2n) is 2.35. The molecule has 0 aromatic carbocycles. The van der Waals surface area contributed by atoms with E-state index in [1.54, 1.807) is 14.1 Å². The van der Waals surface area contributed by atoms with Gasteiger partial charge in [-0.05, 0) is 6.42 Å². The monoisotopic (exact) mass is 143 g/mol. The number of aldehydes is 1. The summed E-state index contributed by atoms with van der Waals surface area (Å²) in [5.74, 6) is 0.0850. The third-order valence-corrected chi connectivity index (χ3v) is 1.21. The lowest BCUT2D eigenvalue weighted by molar-refractivity contribution is -0.128. The summed E-state index contributed by atoms with van der Waals surface area (Å²) in [4.78, 5) is 22.2. The van der Waals surface area contributed by atoms with Crippen LogP contribution in [0.3, 0.4) is 0 Å². The van der Waals surface area contributed by atoms with Crippen molar-refractivity contribution in [3.8, 4) is 0 Å². The quantitative estimate of drug-likeness (QED) is 0.423. The van der Waals surface area contributed by atoms with Gasteiger partial charge in [0.25, 0.3) is 0 Å². The van der Waals surface area contributed by atoms with Crippen molar-refractivity contribution < 1.29 is 9.59 Å². The van der Waals surface area contributed by atoms with Gasteiger partial charge in [-0.2, -0.15) is 0 Å². The van der Waals surface area contributed by atoms with Crippen LogP contribution in [0.4, 0.5) is 0 Å². The Bertz CT molecular complexity index is 121. The van der Waals surface area contributed by atoms with E-state index >= 15 is 0 Å². The van der Waals surface area contributed by atoms with E-state index in [0.29, 0.717) is 19.3 Å². The Morgan fingerprint density at radius 1 is 1.50 bits per heavy atom. The summed E-state index contributed by atoms with van der Waals surface area (Å²) < 4.78 is 0. The molecule has 0 fully saturated rings. The molecule has 3 heteroatoms. The maximum Gasteiger partial charge on any atom is 0.222 e. The molecule has 0 heterocycles.